The van der Waals surface area contributed by atoms with Crippen molar-refractivity contribution in [1.82, 2.24) is 15.3 Å². The minimum Gasteiger partial charge on any atom is -0.397 e. The van der Waals surface area contributed by atoms with E-state index in [1.54, 1.807) is 12.4 Å². The number of hydrogen-bond donors (Lipinski definition) is 2. The molecule has 0 bridgehead atoms. The van der Waals surface area contributed by atoms with E-state index in [0.717, 1.165) is 27.0 Å². The summed E-state index contributed by atoms with van der Waals surface area (Å²) in [5.74, 6) is -0.187. The molecule has 1 aromatic carbocycles. The lowest BCUT2D eigenvalue weighted by atomic mass is 10.1. The first-order chi connectivity index (χ1) is 13.6. The van der Waals surface area contributed by atoms with Crippen LogP contribution in [-0.4, -0.2) is 22.4 Å². The maximum atomic E-state index is 12.6. The molecule has 0 unspecified atom stereocenters. The third-order valence-corrected chi connectivity index (χ3v) is 5.71. The highest BCUT2D eigenvalue weighted by molar-refractivity contribution is 7.21. The number of carbonyl (C=O) groups excluding carboxylic acids is 1. The molecule has 7 heteroatoms. The number of hydrogen-bond acceptors (Lipinski definition) is 5. The molecule has 0 aliphatic carbocycles. The van der Waals surface area contributed by atoms with Gasteiger partial charge in [-0.2, -0.15) is 0 Å². The van der Waals surface area contributed by atoms with Gasteiger partial charge in [0, 0.05) is 34.9 Å². The molecule has 0 atom stereocenters. The first-order valence-electron chi connectivity index (χ1n) is 8.74. The van der Waals surface area contributed by atoms with E-state index in [1.807, 2.05) is 48.5 Å². The lowest BCUT2D eigenvalue weighted by molar-refractivity contribution is 0.0959. The van der Waals surface area contributed by atoms with Gasteiger partial charge in [0.1, 0.15) is 9.71 Å². The SMILES string of the molecule is Nc1c(C(=O)NCCc2cccc(Cl)c2)sc2nc(-c3ccncc3)ccc12. The van der Waals surface area contributed by atoms with E-state index < -0.39 is 0 Å². The number of rotatable bonds is 5. The molecule has 3 N–H and O–H groups in total. The Hall–Kier alpha value is -2.96. The van der Waals surface area contributed by atoms with Gasteiger partial charge < -0.3 is 11.1 Å². The third kappa shape index (κ3) is 3.83. The Bertz CT molecular complexity index is 1140. The van der Waals surface area contributed by atoms with Crippen LogP contribution in [0.1, 0.15) is 15.2 Å². The summed E-state index contributed by atoms with van der Waals surface area (Å²) in [6, 6.07) is 15.2. The van der Waals surface area contributed by atoms with Crippen molar-refractivity contribution in [3.8, 4) is 11.3 Å². The molecule has 0 saturated heterocycles. The molecule has 5 nitrogen and oxygen atoms in total. The van der Waals surface area contributed by atoms with Crippen molar-refractivity contribution in [1.29, 1.82) is 0 Å². The highest BCUT2D eigenvalue weighted by Crippen LogP contribution is 2.34. The van der Waals surface area contributed by atoms with Crippen LogP contribution in [0.4, 0.5) is 5.69 Å². The van der Waals surface area contributed by atoms with Crippen molar-refractivity contribution >= 4 is 44.7 Å². The minimum absolute atomic E-state index is 0.187. The molecule has 4 rings (SSSR count). The number of benzene rings is 1. The van der Waals surface area contributed by atoms with E-state index in [-0.39, 0.29) is 5.91 Å². The highest BCUT2D eigenvalue weighted by atomic mass is 35.5. The van der Waals surface area contributed by atoms with Gasteiger partial charge in [0.25, 0.3) is 5.91 Å². The fourth-order valence-corrected chi connectivity index (χ4v) is 4.17. The van der Waals surface area contributed by atoms with Crippen LogP contribution in [0.15, 0.2) is 60.9 Å². The first kappa shape index (κ1) is 18.4. The van der Waals surface area contributed by atoms with Gasteiger partial charge in [-0.25, -0.2) is 4.98 Å². The second-order valence-electron chi connectivity index (χ2n) is 6.27. The van der Waals surface area contributed by atoms with E-state index in [4.69, 9.17) is 17.3 Å². The Labute approximate surface area is 171 Å². The van der Waals surface area contributed by atoms with Crippen molar-refractivity contribution in [2.45, 2.75) is 6.42 Å². The van der Waals surface area contributed by atoms with Crippen LogP contribution in [-0.2, 0) is 6.42 Å². The Morgan fingerprint density at radius 3 is 2.75 bits per heavy atom. The average Bonchev–Trinajstić information content (AvgIpc) is 3.05. The summed E-state index contributed by atoms with van der Waals surface area (Å²) in [5, 5.41) is 4.41. The molecule has 0 aliphatic rings. The van der Waals surface area contributed by atoms with E-state index >= 15 is 0 Å². The summed E-state index contributed by atoms with van der Waals surface area (Å²) < 4.78 is 0. The lowest BCUT2D eigenvalue weighted by Gasteiger charge is -2.05. The zero-order valence-corrected chi connectivity index (χ0v) is 16.4. The maximum absolute atomic E-state index is 12.6. The smallest absolute Gasteiger partial charge is 0.263 e. The fourth-order valence-electron chi connectivity index (χ4n) is 2.94. The number of halogens is 1. The van der Waals surface area contributed by atoms with Gasteiger partial charge >= 0.3 is 0 Å². The Balaban J connectivity index is 1.51. The van der Waals surface area contributed by atoms with Crippen molar-refractivity contribution < 1.29 is 4.79 Å². The zero-order valence-electron chi connectivity index (χ0n) is 14.9. The standard InChI is InChI=1S/C21H17ClN4OS/c22-15-3-1-2-13(12-15)6-11-25-20(27)19-18(23)16-4-5-17(26-21(16)28-19)14-7-9-24-10-8-14/h1-5,7-10,12H,6,11,23H2,(H,25,27). The summed E-state index contributed by atoms with van der Waals surface area (Å²) in [4.78, 5) is 22.5. The van der Waals surface area contributed by atoms with Crippen LogP contribution in [0, 0.1) is 0 Å². The minimum atomic E-state index is -0.187. The average molecular weight is 409 g/mol. The number of thiophene rings is 1. The molecule has 4 aromatic rings. The second-order valence-corrected chi connectivity index (χ2v) is 7.70. The second kappa shape index (κ2) is 7.96. The predicted octanol–water partition coefficient (Wildman–Crippen LogP) is 4.57. The van der Waals surface area contributed by atoms with Gasteiger partial charge in [-0.05, 0) is 48.4 Å². The number of anilines is 1. The molecule has 3 aromatic heterocycles. The number of fused-ring (bicyclic) bond motifs is 1. The van der Waals surface area contributed by atoms with Crippen LogP contribution in [0.3, 0.4) is 0 Å². The largest absolute Gasteiger partial charge is 0.397 e. The number of nitrogens with one attached hydrogen (secondary N) is 1. The van der Waals surface area contributed by atoms with E-state index in [0.29, 0.717) is 28.6 Å². The summed E-state index contributed by atoms with van der Waals surface area (Å²) in [6.45, 7) is 0.503. The van der Waals surface area contributed by atoms with E-state index in [2.05, 4.69) is 15.3 Å². The number of nitrogens with two attached hydrogens (primary N) is 1. The molecule has 28 heavy (non-hydrogen) atoms. The summed E-state index contributed by atoms with van der Waals surface area (Å²) in [5.41, 5.74) is 9.54. The van der Waals surface area contributed by atoms with Crippen molar-refractivity contribution in [2.24, 2.45) is 0 Å². The lowest BCUT2D eigenvalue weighted by Crippen LogP contribution is -2.25. The number of aromatic nitrogens is 2. The van der Waals surface area contributed by atoms with Crippen molar-refractivity contribution in [2.75, 3.05) is 12.3 Å². The summed E-state index contributed by atoms with van der Waals surface area (Å²) >= 11 is 7.30. The van der Waals surface area contributed by atoms with Crippen LogP contribution >= 0.6 is 22.9 Å². The molecule has 140 valence electrons. The summed E-state index contributed by atoms with van der Waals surface area (Å²) in [7, 11) is 0. The van der Waals surface area contributed by atoms with Gasteiger partial charge in [0.05, 0.1) is 11.4 Å². The molecule has 3 heterocycles. The monoisotopic (exact) mass is 408 g/mol. The fraction of sp³-hybridized carbons (Fsp3) is 0.0952. The van der Waals surface area contributed by atoms with Gasteiger partial charge in [-0.15, -0.1) is 11.3 Å². The maximum Gasteiger partial charge on any atom is 0.263 e. The Kier molecular flexibility index (Phi) is 5.23. The van der Waals surface area contributed by atoms with Gasteiger partial charge in [-0.3, -0.25) is 9.78 Å². The molecular weight excluding hydrogens is 392 g/mol. The molecule has 0 aliphatic heterocycles. The number of nitrogen functional groups attached to an aromatic ring is 1. The Morgan fingerprint density at radius 1 is 1.14 bits per heavy atom. The third-order valence-electron chi connectivity index (χ3n) is 4.36. The molecule has 0 spiro atoms. The van der Waals surface area contributed by atoms with Gasteiger partial charge in [0.2, 0.25) is 0 Å². The van der Waals surface area contributed by atoms with Crippen LogP contribution in [0.5, 0.6) is 0 Å². The van der Waals surface area contributed by atoms with Gasteiger partial charge in [-0.1, -0.05) is 23.7 Å². The molecular formula is C21H17ClN4OS. The van der Waals surface area contributed by atoms with Crippen LogP contribution in [0.25, 0.3) is 21.5 Å². The van der Waals surface area contributed by atoms with E-state index in [1.165, 1.54) is 11.3 Å². The predicted molar refractivity (Wildman–Crippen MR) is 115 cm³/mol. The van der Waals surface area contributed by atoms with Crippen LogP contribution in [0.2, 0.25) is 5.02 Å². The number of pyridine rings is 2. The van der Waals surface area contributed by atoms with Crippen molar-refractivity contribution in [3.05, 3.63) is 76.4 Å². The molecule has 0 radical (unpaired) electrons. The van der Waals surface area contributed by atoms with E-state index in [9.17, 15) is 4.79 Å². The highest BCUT2D eigenvalue weighted by Gasteiger charge is 2.17. The number of carbonyl (C=O) groups is 1. The Morgan fingerprint density at radius 2 is 1.96 bits per heavy atom. The molecule has 1 amide bonds. The normalized spacial score (nSPS) is 10.9. The molecule has 0 saturated carbocycles. The van der Waals surface area contributed by atoms with Crippen molar-refractivity contribution in [3.63, 3.8) is 0 Å². The quantitative estimate of drug-likeness (QED) is 0.507. The number of nitrogens with zero attached hydrogens (tertiary/aromatic N) is 2. The zero-order chi connectivity index (χ0) is 19.5. The topological polar surface area (TPSA) is 80.9 Å². The number of amides is 1. The molecule has 0 fully saturated rings. The van der Waals surface area contributed by atoms with Gasteiger partial charge in [0.15, 0.2) is 0 Å². The van der Waals surface area contributed by atoms with Crippen LogP contribution < -0.4 is 11.1 Å². The summed E-state index contributed by atoms with van der Waals surface area (Å²) in [6.07, 6.45) is 4.15. The first-order valence-corrected chi connectivity index (χ1v) is 9.93.